The number of carbonyl (C=O) groups is 1. The van der Waals surface area contributed by atoms with E-state index in [9.17, 15) is 4.79 Å². The molecule has 0 atom stereocenters. The zero-order valence-electron chi connectivity index (χ0n) is 16.4. The molecule has 0 unspecified atom stereocenters. The van der Waals surface area contributed by atoms with Gasteiger partial charge in [-0.15, -0.1) is 0 Å². The van der Waals surface area contributed by atoms with Crippen molar-refractivity contribution in [3.63, 3.8) is 0 Å². The van der Waals surface area contributed by atoms with Gasteiger partial charge in [-0.1, -0.05) is 47.1 Å². The van der Waals surface area contributed by atoms with E-state index < -0.39 is 0 Å². The van der Waals surface area contributed by atoms with Crippen LogP contribution >= 0.6 is 46.7 Å². The second-order valence-electron chi connectivity index (χ2n) is 6.49. The summed E-state index contributed by atoms with van der Waals surface area (Å²) in [5, 5.41) is 2.98. The lowest BCUT2D eigenvalue weighted by Gasteiger charge is -2.17. The van der Waals surface area contributed by atoms with Crippen LogP contribution in [0.4, 0.5) is 11.4 Å². The summed E-state index contributed by atoms with van der Waals surface area (Å²) < 4.78 is 0. The second kappa shape index (κ2) is 9.10. The highest BCUT2D eigenvalue weighted by Gasteiger charge is 2.32. The first kappa shape index (κ1) is 21.4. The maximum absolute atomic E-state index is 12.9. The highest BCUT2D eigenvalue weighted by molar-refractivity contribution is 8.18. The Morgan fingerprint density at radius 3 is 2.50 bits per heavy atom. The van der Waals surface area contributed by atoms with E-state index >= 15 is 0 Å². The summed E-state index contributed by atoms with van der Waals surface area (Å²) in [6.07, 6.45) is 3.87. The summed E-state index contributed by atoms with van der Waals surface area (Å²) in [4.78, 5) is 23.2. The second-order valence-corrected chi connectivity index (χ2v) is 9.41. The molecule has 2 aliphatic heterocycles. The third kappa shape index (κ3) is 4.14. The van der Waals surface area contributed by atoms with E-state index in [0.717, 1.165) is 22.2 Å². The molecular formula is C22H19Cl2N3OS2. The molecule has 154 valence electrons. The van der Waals surface area contributed by atoms with Crippen molar-refractivity contribution in [2.24, 2.45) is 4.99 Å². The zero-order chi connectivity index (χ0) is 21.3. The van der Waals surface area contributed by atoms with Crippen LogP contribution in [0.3, 0.4) is 0 Å². The molecule has 2 aliphatic rings. The molecule has 2 aromatic rings. The number of hydrogen-bond acceptors (Lipinski definition) is 5. The van der Waals surface area contributed by atoms with E-state index in [-0.39, 0.29) is 5.91 Å². The van der Waals surface area contributed by atoms with Gasteiger partial charge in [0.2, 0.25) is 0 Å². The van der Waals surface area contributed by atoms with Crippen molar-refractivity contribution in [3.8, 4) is 0 Å². The Morgan fingerprint density at radius 1 is 1.00 bits per heavy atom. The largest absolute Gasteiger partial charge is 0.335 e. The number of para-hydroxylation sites is 1. The quantitative estimate of drug-likeness (QED) is 0.448. The molecule has 8 heteroatoms. The number of anilines is 1. The summed E-state index contributed by atoms with van der Waals surface area (Å²) in [5.41, 5.74) is 1.75. The molecule has 2 aromatic carbocycles. The maximum atomic E-state index is 12.9. The number of nitrogens with zero attached hydrogens (tertiary/aromatic N) is 3. The Kier molecular flexibility index (Phi) is 6.48. The van der Waals surface area contributed by atoms with Crippen LogP contribution in [0.25, 0.3) is 0 Å². The number of rotatable bonds is 4. The van der Waals surface area contributed by atoms with Gasteiger partial charge in [0.25, 0.3) is 5.91 Å². The fourth-order valence-electron chi connectivity index (χ4n) is 3.20. The van der Waals surface area contributed by atoms with Gasteiger partial charge >= 0.3 is 0 Å². The molecular weight excluding hydrogens is 457 g/mol. The predicted octanol–water partition coefficient (Wildman–Crippen LogP) is 6.93. The van der Waals surface area contributed by atoms with Gasteiger partial charge in [0.1, 0.15) is 0 Å². The molecule has 1 fully saturated rings. The zero-order valence-corrected chi connectivity index (χ0v) is 19.6. The van der Waals surface area contributed by atoms with Crippen molar-refractivity contribution < 1.29 is 4.79 Å². The molecule has 0 radical (unpaired) electrons. The van der Waals surface area contributed by atoms with E-state index in [1.165, 1.54) is 11.8 Å². The van der Waals surface area contributed by atoms with Crippen molar-refractivity contribution in [3.05, 3.63) is 74.6 Å². The Labute approximate surface area is 194 Å². The van der Waals surface area contributed by atoms with Crippen LogP contribution in [0.15, 0.2) is 74.4 Å². The van der Waals surface area contributed by atoms with Gasteiger partial charge in [-0.05, 0) is 68.1 Å². The van der Waals surface area contributed by atoms with Gasteiger partial charge in [0, 0.05) is 23.0 Å². The fourth-order valence-corrected chi connectivity index (χ4v) is 5.65. The molecule has 0 aromatic heterocycles. The predicted molar refractivity (Wildman–Crippen MR) is 130 cm³/mol. The van der Waals surface area contributed by atoms with Gasteiger partial charge in [0.15, 0.2) is 5.17 Å². The van der Waals surface area contributed by atoms with Gasteiger partial charge in [-0.2, -0.15) is 0 Å². The van der Waals surface area contributed by atoms with E-state index in [4.69, 9.17) is 23.2 Å². The van der Waals surface area contributed by atoms with Crippen LogP contribution in [0.1, 0.15) is 13.8 Å². The Balaban J connectivity index is 1.63. The van der Waals surface area contributed by atoms with Crippen LogP contribution in [-0.2, 0) is 4.79 Å². The maximum Gasteiger partial charge on any atom is 0.266 e. The Morgan fingerprint density at radius 2 is 1.77 bits per heavy atom. The number of allylic oxidation sites excluding steroid dienone is 2. The average molecular weight is 476 g/mol. The number of likely N-dealkylation sites (N-methyl/N-ethyl adjacent to an activating group) is 1. The molecule has 4 rings (SSSR count). The number of amides is 1. The minimum atomic E-state index is -0.0447. The minimum absolute atomic E-state index is 0.0447. The lowest BCUT2D eigenvalue weighted by molar-refractivity contribution is -0.122. The number of amidine groups is 1. The molecule has 0 aliphatic carbocycles. The number of hydrogen-bond donors (Lipinski definition) is 0. The minimum Gasteiger partial charge on any atom is -0.335 e. The highest BCUT2D eigenvalue weighted by atomic mass is 35.5. The first-order valence-corrected chi connectivity index (χ1v) is 11.9. The van der Waals surface area contributed by atoms with Crippen LogP contribution in [0.2, 0.25) is 10.0 Å². The Hall–Kier alpha value is -1.86. The standard InChI is InChI=1S/C22H19Cl2N3OS2/c1-3-26-17-13-14(23)9-10-18(17)29-20(26)12-11-19-21(28)27(4-2)22(30-19)25-16-8-6-5-7-15(16)24/h5-13H,3-4H2,1-2H3/b19-11-,20-12-,25-22?. The van der Waals surface area contributed by atoms with Crippen LogP contribution in [0.5, 0.6) is 0 Å². The number of fused-ring (bicyclic) bond motifs is 1. The summed E-state index contributed by atoms with van der Waals surface area (Å²) in [7, 11) is 0. The van der Waals surface area contributed by atoms with Crippen molar-refractivity contribution in [1.82, 2.24) is 4.90 Å². The lowest BCUT2D eigenvalue weighted by Crippen LogP contribution is -2.28. The SMILES string of the molecule is CCN1C(=O)/C(=C/C=C2\Sc3ccc(Cl)cc3N2CC)SC1=Nc1ccccc1Cl. The molecule has 0 spiro atoms. The molecule has 30 heavy (non-hydrogen) atoms. The first-order chi connectivity index (χ1) is 14.5. The number of benzene rings is 2. The third-order valence-corrected chi connectivity index (χ3v) is 7.37. The van der Waals surface area contributed by atoms with Crippen LogP contribution in [0, 0.1) is 0 Å². The van der Waals surface area contributed by atoms with Crippen LogP contribution < -0.4 is 4.90 Å². The summed E-state index contributed by atoms with van der Waals surface area (Å²) in [6, 6.07) is 13.3. The number of carbonyl (C=O) groups excluding carboxylic acids is 1. The van der Waals surface area contributed by atoms with Crippen molar-refractivity contribution >= 4 is 69.2 Å². The fraction of sp³-hybridized carbons (Fsp3) is 0.182. The van der Waals surface area contributed by atoms with Gasteiger partial charge in [-0.25, -0.2) is 4.99 Å². The van der Waals surface area contributed by atoms with E-state index in [2.05, 4.69) is 16.8 Å². The summed E-state index contributed by atoms with van der Waals surface area (Å²) >= 11 is 15.5. The number of aliphatic imine (C=N–C) groups is 1. The number of halogens is 2. The third-order valence-electron chi connectivity index (χ3n) is 4.66. The Bertz CT molecular complexity index is 1100. The molecule has 1 saturated heterocycles. The first-order valence-electron chi connectivity index (χ1n) is 9.51. The topological polar surface area (TPSA) is 35.9 Å². The van der Waals surface area contributed by atoms with E-state index in [1.54, 1.807) is 22.7 Å². The van der Waals surface area contributed by atoms with Crippen LogP contribution in [-0.4, -0.2) is 29.1 Å². The van der Waals surface area contributed by atoms with E-state index in [0.29, 0.717) is 32.4 Å². The molecule has 1 amide bonds. The lowest BCUT2D eigenvalue weighted by atomic mass is 10.3. The molecule has 4 nitrogen and oxygen atoms in total. The molecule has 2 heterocycles. The summed E-state index contributed by atoms with van der Waals surface area (Å²) in [6.45, 7) is 5.40. The average Bonchev–Trinajstić information content (AvgIpc) is 3.23. The molecule has 0 saturated carbocycles. The van der Waals surface area contributed by atoms with Crippen molar-refractivity contribution in [2.45, 2.75) is 18.7 Å². The van der Waals surface area contributed by atoms with Gasteiger partial charge in [0.05, 0.1) is 26.3 Å². The normalized spacial score (nSPS) is 20.1. The highest BCUT2D eigenvalue weighted by Crippen LogP contribution is 2.47. The van der Waals surface area contributed by atoms with Gasteiger partial charge < -0.3 is 4.90 Å². The smallest absolute Gasteiger partial charge is 0.266 e. The van der Waals surface area contributed by atoms with Crippen molar-refractivity contribution in [2.75, 3.05) is 18.0 Å². The molecule has 0 N–H and O–H groups in total. The molecule has 0 bridgehead atoms. The van der Waals surface area contributed by atoms with E-state index in [1.807, 2.05) is 55.5 Å². The summed E-state index contributed by atoms with van der Waals surface area (Å²) in [5.74, 6) is -0.0447. The van der Waals surface area contributed by atoms with Crippen molar-refractivity contribution in [1.29, 1.82) is 0 Å². The number of thioether (sulfide) groups is 2. The van der Waals surface area contributed by atoms with Gasteiger partial charge in [-0.3, -0.25) is 9.69 Å². The monoisotopic (exact) mass is 475 g/mol.